The van der Waals surface area contributed by atoms with Gasteiger partial charge in [0.25, 0.3) is 0 Å². The van der Waals surface area contributed by atoms with E-state index in [1.54, 1.807) is 0 Å². The molecule has 0 aliphatic heterocycles. The van der Waals surface area contributed by atoms with Crippen molar-refractivity contribution >= 4 is 0 Å². The molecule has 0 aromatic carbocycles. The molecule has 0 amide bonds. The fraction of sp³-hybridized carbons (Fsp3) is 0.800. The lowest BCUT2D eigenvalue weighted by molar-refractivity contribution is 0.581. The first-order valence-corrected chi connectivity index (χ1v) is 5.38. The second-order valence-electron chi connectivity index (χ2n) is 4.14. The van der Waals surface area contributed by atoms with Gasteiger partial charge in [-0.25, -0.2) is 0 Å². The summed E-state index contributed by atoms with van der Waals surface area (Å²) in [5.41, 5.74) is 5.92. The average molecular weight is 194 g/mol. The molecule has 0 saturated heterocycles. The first-order chi connectivity index (χ1) is 6.72. The SMILES string of the molecule is CCC(N)Cc1nnc(C)n1C1CC1. The highest BCUT2D eigenvalue weighted by Gasteiger charge is 2.28. The predicted molar refractivity (Wildman–Crippen MR) is 55.0 cm³/mol. The number of nitrogens with zero attached hydrogens (tertiary/aromatic N) is 3. The van der Waals surface area contributed by atoms with Crippen LogP contribution in [0.5, 0.6) is 0 Å². The van der Waals surface area contributed by atoms with Crippen molar-refractivity contribution in [1.82, 2.24) is 14.8 Å². The van der Waals surface area contributed by atoms with Crippen LogP contribution in [0, 0.1) is 6.92 Å². The average Bonchev–Trinajstić information content (AvgIpc) is 2.93. The molecule has 1 atom stereocenters. The molecule has 1 aromatic rings. The van der Waals surface area contributed by atoms with Gasteiger partial charge in [0.05, 0.1) is 0 Å². The zero-order valence-electron chi connectivity index (χ0n) is 8.90. The Morgan fingerprint density at radius 2 is 2.21 bits per heavy atom. The lowest BCUT2D eigenvalue weighted by atomic mass is 10.1. The van der Waals surface area contributed by atoms with Crippen LogP contribution in [-0.2, 0) is 6.42 Å². The summed E-state index contributed by atoms with van der Waals surface area (Å²) >= 11 is 0. The number of hydrogen-bond donors (Lipinski definition) is 1. The Morgan fingerprint density at radius 1 is 1.50 bits per heavy atom. The van der Waals surface area contributed by atoms with E-state index in [-0.39, 0.29) is 6.04 Å². The van der Waals surface area contributed by atoms with E-state index in [9.17, 15) is 0 Å². The van der Waals surface area contributed by atoms with Crippen LogP contribution in [0.1, 0.15) is 43.9 Å². The third kappa shape index (κ3) is 1.80. The van der Waals surface area contributed by atoms with E-state index in [1.165, 1.54) is 12.8 Å². The van der Waals surface area contributed by atoms with Gasteiger partial charge < -0.3 is 10.3 Å². The Labute approximate surface area is 84.5 Å². The molecule has 0 spiro atoms. The third-order valence-electron chi connectivity index (χ3n) is 2.82. The summed E-state index contributed by atoms with van der Waals surface area (Å²) in [4.78, 5) is 0. The minimum Gasteiger partial charge on any atom is -0.327 e. The van der Waals surface area contributed by atoms with Gasteiger partial charge in [-0.05, 0) is 26.2 Å². The maximum Gasteiger partial charge on any atom is 0.134 e. The van der Waals surface area contributed by atoms with Crippen molar-refractivity contribution < 1.29 is 0 Å². The van der Waals surface area contributed by atoms with E-state index < -0.39 is 0 Å². The fourth-order valence-electron chi connectivity index (χ4n) is 1.74. The summed E-state index contributed by atoms with van der Waals surface area (Å²) in [6.45, 7) is 4.13. The first kappa shape index (κ1) is 9.65. The number of aromatic nitrogens is 3. The van der Waals surface area contributed by atoms with E-state index in [1.807, 2.05) is 6.92 Å². The third-order valence-corrected chi connectivity index (χ3v) is 2.82. The van der Waals surface area contributed by atoms with Gasteiger partial charge in [-0.2, -0.15) is 0 Å². The zero-order valence-corrected chi connectivity index (χ0v) is 8.90. The molecule has 1 aliphatic carbocycles. The highest BCUT2D eigenvalue weighted by molar-refractivity contribution is 5.02. The van der Waals surface area contributed by atoms with Crippen molar-refractivity contribution in [3.05, 3.63) is 11.6 Å². The lowest BCUT2D eigenvalue weighted by Crippen LogP contribution is -2.23. The quantitative estimate of drug-likeness (QED) is 0.783. The maximum absolute atomic E-state index is 5.92. The lowest BCUT2D eigenvalue weighted by Gasteiger charge is -2.10. The van der Waals surface area contributed by atoms with Crippen LogP contribution in [0.3, 0.4) is 0 Å². The van der Waals surface area contributed by atoms with Crippen molar-refractivity contribution in [3.63, 3.8) is 0 Å². The summed E-state index contributed by atoms with van der Waals surface area (Å²) in [7, 11) is 0. The second kappa shape index (κ2) is 3.69. The molecule has 1 unspecified atom stereocenters. The molecule has 4 heteroatoms. The normalized spacial score (nSPS) is 18.5. The topological polar surface area (TPSA) is 56.7 Å². The Balaban J connectivity index is 2.15. The molecular weight excluding hydrogens is 176 g/mol. The van der Waals surface area contributed by atoms with E-state index in [0.717, 1.165) is 24.5 Å². The summed E-state index contributed by atoms with van der Waals surface area (Å²) in [5.74, 6) is 2.10. The molecule has 1 aliphatic rings. The minimum absolute atomic E-state index is 0.219. The van der Waals surface area contributed by atoms with Gasteiger partial charge in [-0.1, -0.05) is 6.92 Å². The van der Waals surface area contributed by atoms with E-state index in [0.29, 0.717) is 6.04 Å². The molecule has 14 heavy (non-hydrogen) atoms. The smallest absolute Gasteiger partial charge is 0.134 e. The van der Waals surface area contributed by atoms with Crippen LogP contribution in [0.4, 0.5) is 0 Å². The number of aryl methyl sites for hydroxylation is 1. The first-order valence-electron chi connectivity index (χ1n) is 5.38. The standard InChI is InChI=1S/C10H18N4/c1-3-8(11)6-10-13-12-7(2)14(10)9-4-5-9/h8-9H,3-6,11H2,1-2H3. The second-order valence-corrected chi connectivity index (χ2v) is 4.14. The number of hydrogen-bond acceptors (Lipinski definition) is 3. The summed E-state index contributed by atoms with van der Waals surface area (Å²) < 4.78 is 2.26. The molecular formula is C10H18N4. The van der Waals surface area contributed by atoms with Crippen molar-refractivity contribution in [2.75, 3.05) is 0 Å². The van der Waals surface area contributed by atoms with Crippen LogP contribution in [0.15, 0.2) is 0 Å². The molecule has 1 fully saturated rings. The van der Waals surface area contributed by atoms with E-state index in [4.69, 9.17) is 5.73 Å². The molecule has 1 heterocycles. The van der Waals surface area contributed by atoms with Gasteiger partial charge in [0.15, 0.2) is 0 Å². The molecule has 1 saturated carbocycles. The predicted octanol–water partition coefficient (Wildman–Crippen LogP) is 1.20. The Bertz CT molecular complexity index is 314. The molecule has 2 N–H and O–H groups in total. The van der Waals surface area contributed by atoms with Crippen LogP contribution in [0.2, 0.25) is 0 Å². The van der Waals surface area contributed by atoms with E-state index in [2.05, 4.69) is 21.7 Å². The van der Waals surface area contributed by atoms with Crippen LogP contribution in [0.25, 0.3) is 0 Å². The molecule has 78 valence electrons. The Morgan fingerprint density at radius 3 is 2.79 bits per heavy atom. The molecule has 0 radical (unpaired) electrons. The molecule has 0 bridgehead atoms. The number of rotatable bonds is 4. The molecule has 1 aromatic heterocycles. The van der Waals surface area contributed by atoms with Gasteiger partial charge in [-0.15, -0.1) is 10.2 Å². The van der Waals surface area contributed by atoms with Gasteiger partial charge >= 0.3 is 0 Å². The van der Waals surface area contributed by atoms with Crippen molar-refractivity contribution in [3.8, 4) is 0 Å². The molecule has 4 nitrogen and oxygen atoms in total. The maximum atomic E-state index is 5.92. The summed E-state index contributed by atoms with van der Waals surface area (Å²) in [5, 5.41) is 8.32. The van der Waals surface area contributed by atoms with Crippen LogP contribution in [-0.4, -0.2) is 20.8 Å². The largest absolute Gasteiger partial charge is 0.327 e. The Hall–Kier alpha value is -0.900. The van der Waals surface area contributed by atoms with Gasteiger partial charge in [0, 0.05) is 18.5 Å². The number of nitrogens with two attached hydrogens (primary N) is 1. The van der Waals surface area contributed by atoms with Gasteiger partial charge in [-0.3, -0.25) is 0 Å². The van der Waals surface area contributed by atoms with E-state index >= 15 is 0 Å². The summed E-state index contributed by atoms with van der Waals surface area (Å²) in [6.07, 6.45) is 4.39. The van der Waals surface area contributed by atoms with Crippen molar-refractivity contribution in [1.29, 1.82) is 0 Å². The van der Waals surface area contributed by atoms with Crippen molar-refractivity contribution in [2.24, 2.45) is 5.73 Å². The zero-order chi connectivity index (χ0) is 10.1. The summed E-state index contributed by atoms with van der Waals surface area (Å²) in [6, 6.07) is 0.875. The highest BCUT2D eigenvalue weighted by atomic mass is 15.3. The van der Waals surface area contributed by atoms with Gasteiger partial charge in [0.1, 0.15) is 11.6 Å². The van der Waals surface area contributed by atoms with Gasteiger partial charge in [0.2, 0.25) is 0 Å². The van der Waals surface area contributed by atoms with Crippen molar-refractivity contribution in [2.45, 2.75) is 51.6 Å². The van der Waals surface area contributed by atoms with Crippen LogP contribution < -0.4 is 5.73 Å². The highest BCUT2D eigenvalue weighted by Crippen LogP contribution is 2.36. The monoisotopic (exact) mass is 194 g/mol. The minimum atomic E-state index is 0.219. The fourth-order valence-corrected chi connectivity index (χ4v) is 1.74. The molecule has 2 rings (SSSR count). The Kier molecular flexibility index (Phi) is 2.54. The van der Waals surface area contributed by atoms with Crippen LogP contribution >= 0.6 is 0 Å².